The van der Waals surface area contributed by atoms with Gasteiger partial charge in [-0.1, -0.05) is 54.6 Å². The smallest absolute Gasteiger partial charge is 0.328 e. The summed E-state index contributed by atoms with van der Waals surface area (Å²) in [5.41, 5.74) is 3.49. The maximum Gasteiger partial charge on any atom is 0.328 e. The van der Waals surface area contributed by atoms with Gasteiger partial charge in [-0.2, -0.15) is 0 Å². The summed E-state index contributed by atoms with van der Waals surface area (Å²) < 4.78 is 0. The number of carboxylic acid groups (broad SMARTS) is 1. The average molecular weight is 390 g/mol. The third-order valence-electron chi connectivity index (χ3n) is 5.05. The molecule has 0 aliphatic carbocycles. The topological polar surface area (TPSA) is 60.9 Å². The normalized spacial score (nSPS) is 15.9. The van der Waals surface area contributed by atoms with Crippen LogP contribution in [0, 0.1) is 0 Å². The predicted molar refractivity (Wildman–Crippen MR) is 116 cm³/mol. The molecule has 5 heteroatoms. The molecule has 1 heterocycles. The fourth-order valence-electron chi connectivity index (χ4n) is 3.29. The third-order valence-corrected chi connectivity index (χ3v) is 5.05. The number of benzene rings is 2. The lowest BCUT2D eigenvalue weighted by atomic mass is 10.0. The summed E-state index contributed by atoms with van der Waals surface area (Å²) in [5, 5.41) is 8.68. The molecule has 29 heavy (non-hydrogen) atoms. The number of ketones is 1. The fraction of sp³-hybridized carbons (Fsp3) is 0.250. The summed E-state index contributed by atoms with van der Waals surface area (Å²) in [6, 6.07) is 15.2. The Bertz CT molecular complexity index is 908. The Morgan fingerprint density at radius 1 is 0.897 bits per heavy atom. The second kappa shape index (κ2) is 9.96. The van der Waals surface area contributed by atoms with E-state index in [1.54, 1.807) is 12.2 Å². The number of carboxylic acids is 1. The molecule has 1 N–H and O–H groups in total. The van der Waals surface area contributed by atoms with Gasteiger partial charge >= 0.3 is 5.97 Å². The quantitative estimate of drug-likeness (QED) is 0.580. The van der Waals surface area contributed by atoms with Crippen LogP contribution < -0.4 is 0 Å². The maximum atomic E-state index is 12.8. The van der Waals surface area contributed by atoms with Gasteiger partial charge < -0.3 is 10.0 Å². The van der Waals surface area contributed by atoms with Crippen LogP contribution in [0.25, 0.3) is 12.2 Å². The molecule has 1 aliphatic rings. The zero-order valence-electron chi connectivity index (χ0n) is 16.6. The molecule has 2 aromatic carbocycles. The summed E-state index contributed by atoms with van der Waals surface area (Å²) in [5.74, 6) is -0.987. The molecule has 0 spiro atoms. The molecule has 1 saturated heterocycles. The second-order valence-electron chi connectivity index (χ2n) is 7.27. The summed E-state index contributed by atoms with van der Waals surface area (Å²) in [6.45, 7) is 4.91. The number of carbonyl (C=O) groups is 2. The number of aliphatic carboxylic acids is 1. The Morgan fingerprint density at radius 3 is 2.10 bits per heavy atom. The number of rotatable bonds is 7. The third kappa shape index (κ3) is 6.24. The molecule has 0 bridgehead atoms. The fourth-order valence-corrected chi connectivity index (χ4v) is 3.29. The number of likely N-dealkylation sites (N-methyl/N-ethyl adjacent to an activating group) is 1. The van der Waals surface area contributed by atoms with Crippen molar-refractivity contribution in [2.75, 3.05) is 33.2 Å². The predicted octanol–water partition coefficient (Wildman–Crippen LogP) is 3.43. The largest absolute Gasteiger partial charge is 0.478 e. The highest BCUT2D eigenvalue weighted by Crippen LogP contribution is 2.16. The highest BCUT2D eigenvalue weighted by molar-refractivity contribution is 6.07. The van der Waals surface area contributed by atoms with E-state index in [0.29, 0.717) is 0 Å². The van der Waals surface area contributed by atoms with Gasteiger partial charge in [0, 0.05) is 44.4 Å². The first-order valence-electron chi connectivity index (χ1n) is 9.73. The minimum absolute atomic E-state index is 0.00965. The van der Waals surface area contributed by atoms with Gasteiger partial charge in [-0.25, -0.2) is 4.79 Å². The van der Waals surface area contributed by atoms with Crippen LogP contribution in [0.1, 0.15) is 27.0 Å². The minimum atomic E-state index is -0.977. The molecule has 0 aromatic heterocycles. The molecule has 0 amide bonds. The van der Waals surface area contributed by atoms with Crippen molar-refractivity contribution in [1.29, 1.82) is 0 Å². The Labute approximate surface area is 171 Å². The van der Waals surface area contributed by atoms with E-state index in [9.17, 15) is 9.59 Å². The molecule has 0 unspecified atom stereocenters. The first-order chi connectivity index (χ1) is 14.0. The van der Waals surface area contributed by atoms with Crippen molar-refractivity contribution >= 4 is 23.9 Å². The van der Waals surface area contributed by atoms with Gasteiger partial charge in [-0.15, -0.1) is 0 Å². The average Bonchev–Trinajstić information content (AvgIpc) is 2.73. The molecule has 0 radical (unpaired) electrons. The van der Waals surface area contributed by atoms with Gasteiger partial charge in [0.15, 0.2) is 5.78 Å². The molecular weight excluding hydrogens is 364 g/mol. The molecule has 2 aromatic rings. The molecule has 3 rings (SSSR count). The van der Waals surface area contributed by atoms with Crippen LogP contribution >= 0.6 is 0 Å². The van der Waals surface area contributed by atoms with E-state index in [4.69, 9.17) is 5.11 Å². The van der Waals surface area contributed by atoms with Gasteiger partial charge in [0.25, 0.3) is 0 Å². The van der Waals surface area contributed by atoms with Crippen LogP contribution in [0.4, 0.5) is 0 Å². The zero-order valence-corrected chi connectivity index (χ0v) is 16.6. The van der Waals surface area contributed by atoms with Crippen LogP contribution in [0.5, 0.6) is 0 Å². The number of allylic oxidation sites excluding steroid dienone is 1. The van der Waals surface area contributed by atoms with Crippen molar-refractivity contribution in [2.45, 2.75) is 6.54 Å². The first-order valence-corrected chi connectivity index (χ1v) is 9.73. The Hall–Kier alpha value is -3.02. The molecular formula is C24H26N2O3. The number of hydrogen-bond donors (Lipinski definition) is 1. The lowest BCUT2D eigenvalue weighted by molar-refractivity contribution is -0.131. The molecule has 150 valence electrons. The molecule has 1 aliphatic heterocycles. The SMILES string of the molecule is CN1CCN(Cc2ccccc2C(=O)C=Cc2ccc(C=CC(=O)O)cc2)CC1. The molecule has 0 atom stereocenters. The van der Waals surface area contributed by atoms with E-state index in [1.165, 1.54) is 6.08 Å². The van der Waals surface area contributed by atoms with Crippen molar-refractivity contribution in [3.8, 4) is 0 Å². The molecule has 0 saturated carbocycles. The highest BCUT2D eigenvalue weighted by Gasteiger charge is 2.16. The van der Waals surface area contributed by atoms with Crippen molar-refractivity contribution in [1.82, 2.24) is 9.80 Å². The number of carbonyl (C=O) groups excluding carboxylic acids is 1. The Morgan fingerprint density at radius 2 is 1.48 bits per heavy atom. The minimum Gasteiger partial charge on any atom is -0.478 e. The summed E-state index contributed by atoms with van der Waals surface area (Å²) in [7, 11) is 2.13. The van der Waals surface area contributed by atoms with Crippen LogP contribution in [0.15, 0.2) is 60.7 Å². The Balaban J connectivity index is 1.66. The Kier molecular flexibility index (Phi) is 7.11. The summed E-state index contributed by atoms with van der Waals surface area (Å²) in [4.78, 5) is 28.1. The van der Waals surface area contributed by atoms with Crippen LogP contribution in [-0.2, 0) is 11.3 Å². The van der Waals surface area contributed by atoms with E-state index in [1.807, 2.05) is 48.5 Å². The van der Waals surface area contributed by atoms with Crippen LogP contribution in [0.3, 0.4) is 0 Å². The van der Waals surface area contributed by atoms with Crippen LogP contribution in [-0.4, -0.2) is 59.9 Å². The number of piperazine rings is 1. The summed E-state index contributed by atoms with van der Waals surface area (Å²) >= 11 is 0. The van der Waals surface area contributed by atoms with E-state index < -0.39 is 5.97 Å². The van der Waals surface area contributed by atoms with E-state index >= 15 is 0 Å². The number of nitrogens with zero attached hydrogens (tertiary/aromatic N) is 2. The standard InChI is InChI=1S/C24H26N2O3/c1-25-14-16-26(17-15-25)18-21-4-2-3-5-22(21)23(27)12-10-19-6-8-20(9-7-19)11-13-24(28)29/h2-13H,14-18H2,1H3,(H,28,29). The molecule has 5 nitrogen and oxygen atoms in total. The van der Waals surface area contributed by atoms with Crippen molar-refractivity contribution in [3.63, 3.8) is 0 Å². The van der Waals surface area contributed by atoms with Crippen molar-refractivity contribution < 1.29 is 14.7 Å². The van der Waals surface area contributed by atoms with E-state index in [-0.39, 0.29) is 5.78 Å². The first kappa shape index (κ1) is 20.7. The lowest BCUT2D eigenvalue weighted by Gasteiger charge is -2.32. The molecule has 1 fully saturated rings. The van der Waals surface area contributed by atoms with Gasteiger partial charge in [0.2, 0.25) is 0 Å². The number of hydrogen-bond acceptors (Lipinski definition) is 4. The second-order valence-corrected chi connectivity index (χ2v) is 7.27. The highest BCUT2D eigenvalue weighted by atomic mass is 16.4. The van der Waals surface area contributed by atoms with Gasteiger partial charge in [-0.05, 0) is 35.9 Å². The van der Waals surface area contributed by atoms with Crippen molar-refractivity contribution in [2.24, 2.45) is 0 Å². The maximum absolute atomic E-state index is 12.8. The zero-order chi connectivity index (χ0) is 20.6. The van der Waals surface area contributed by atoms with Gasteiger partial charge in [-0.3, -0.25) is 9.69 Å². The van der Waals surface area contributed by atoms with E-state index in [2.05, 4.69) is 16.8 Å². The summed E-state index contributed by atoms with van der Waals surface area (Å²) in [6.07, 6.45) is 6.03. The van der Waals surface area contributed by atoms with Crippen molar-refractivity contribution in [3.05, 3.63) is 82.9 Å². The van der Waals surface area contributed by atoms with Gasteiger partial charge in [0.1, 0.15) is 0 Å². The van der Waals surface area contributed by atoms with Gasteiger partial charge in [0.05, 0.1) is 0 Å². The van der Waals surface area contributed by atoms with Crippen LogP contribution in [0.2, 0.25) is 0 Å². The van der Waals surface area contributed by atoms with E-state index in [0.717, 1.165) is 61.1 Å². The lowest BCUT2D eigenvalue weighted by Crippen LogP contribution is -2.44. The monoisotopic (exact) mass is 390 g/mol.